The molecule has 158 valence electrons. The van der Waals surface area contributed by atoms with Gasteiger partial charge in [-0.25, -0.2) is 4.98 Å². The van der Waals surface area contributed by atoms with E-state index in [9.17, 15) is 9.59 Å². The van der Waals surface area contributed by atoms with Crippen LogP contribution in [0, 0.1) is 6.92 Å². The number of carbonyl (C=O) groups excluding carboxylic acids is 2. The van der Waals surface area contributed by atoms with Gasteiger partial charge in [-0.3, -0.25) is 14.7 Å². The third kappa shape index (κ3) is 3.93. The van der Waals surface area contributed by atoms with E-state index in [2.05, 4.69) is 20.5 Å². The fourth-order valence-corrected chi connectivity index (χ4v) is 4.64. The van der Waals surface area contributed by atoms with Crippen molar-refractivity contribution in [3.8, 4) is 0 Å². The van der Waals surface area contributed by atoms with E-state index >= 15 is 0 Å². The molecule has 3 aromatic heterocycles. The maximum absolute atomic E-state index is 13.0. The summed E-state index contributed by atoms with van der Waals surface area (Å²) in [4.78, 5) is 33.3. The van der Waals surface area contributed by atoms with Gasteiger partial charge >= 0.3 is 0 Å². The molecule has 2 amide bonds. The molecule has 30 heavy (non-hydrogen) atoms. The Kier molecular flexibility index (Phi) is 6.07. The third-order valence-electron chi connectivity index (χ3n) is 5.04. The largest absolute Gasteiger partial charge is 0.383 e. The Morgan fingerprint density at radius 2 is 2.33 bits per heavy atom. The number of aromatic amines is 1. The number of pyridine rings is 1. The molecular formula is C20H23N5O4S. The van der Waals surface area contributed by atoms with Crippen molar-refractivity contribution in [2.75, 3.05) is 40.0 Å². The third-order valence-corrected chi connectivity index (χ3v) is 6.17. The van der Waals surface area contributed by atoms with Gasteiger partial charge in [-0.2, -0.15) is 5.10 Å². The molecule has 1 atom stereocenters. The fraction of sp³-hybridized carbons (Fsp3) is 0.400. The van der Waals surface area contributed by atoms with Gasteiger partial charge in [0.2, 0.25) is 0 Å². The zero-order valence-electron chi connectivity index (χ0n) is 16.8. The maximum Gasteiger partial charge on any atom is 0.261 e. The number of aromatic nitrogens is 3. The van der Waals surface area contributed by atoms with Crippen LogP contribution >= 0.6 is 11.3 Å². The predicted octanol–water partition coefficient (Wildman–Crippen LogP) is 1.92. The lowest BCUT2D eigenvalue weighted by molar-refractivity contribution is -0.0222. The van der Waals surface area contributed by atoms with Crippen LogP contribution < -0.4 is 5.32 Å². The van der Waals surface area contributed by atoms with Crippen molar-refractivity contribution in [1.82, 2.24) is 25.4 Å². The number of rotatable bonds is 6. The molecule has 10 heteroatoms. The number of thiophene rings is 1. The summed E-state index contributed by atoms with van der Waals surface area (Å²) in [6.07, 6.45) is 2.82. The summed E-state index contributed by atoms with van der Waals surface area (Å²) in [7, 11) is 1.59. The zero-order chi connectivity index (χ0) is 21.1. The molecular weight excluding hydrogens is 406 g/mol. The van der Waals surface area contributed by atoms with Gasteiger partial charge in [-0.15, -0.1) is 11.3 Å². The quantitative estimate of drug-likeness (QED) is 0.580. The molecule has 4 heterocycles. The Morgan fingerprint density at radius 1 is 1.47 bits per heavy atom. The number of amides is 2. The second-order valence-corrected chi connectivity index (χ2v) is 7.97. The molecule has 4 rings (SSSR count). The van der Waals surface area contributed by atoms with Crippen LogP contribution in [0.4, 0.5) is 0 Å². The summed E-state index contributed by atoms with van der Waals surface area (Å²) in [5.41, 5.74) is 2.05. The second kappa shape index (κ2) is 8.90. The molecule has 9 nitrogen and oxygen atoms in total. The first kappa shape index (κ1) is 20.5. The first-order valence-electron chi connectivity index (χ1n) is 9.65. The maximum atomic E-state index is 13.0. The van der Waals surface area contributed by atoms with Crippen molar-refractivity contribution in [2.24, 2.45) is 0 Å². The van der Waals surface area contributed by atoms with Gasteiger partial charge in [0.1, 0.15) is 15.8 Å². The van der Waals surface area contributed by atoms with Crippen molar-refractivity contribution in [3.05, 3.63) is 46.2 Å². The summed E-state index contributed by atoms with van der Waals surface area (Å²) in [6, 6.07) is 3.77. The molecule has 0 aromatic carbocycles. The lowest BCUT2D eigenvalue weighted by atomic mass is 10.0. The zero-order valence-corrected chi connectivity index (χ0v) is 17.6. The highest BCUT2D eigenvalue weighted by molar-refractivity contribution is 7.20. The summed E-state index contributed by atoms with van der Waals surface area (Å²) in [5, 5.41) is 10.5. The number of H-pyrrole nitrogens is 1. The number of aryl methyl sites for hydroxylation is 1. The molecule has 1 aliphatic heterocycles. The van der Waals surface area contributed by atoms with Crippen LogP contribution in [0.5, 0.6) is 0 Å². The van der Waals surface area contributed by atoms with Crippen molar-refractivity contribution in [3.63, 3.8) is 0 Å². The molecule has 0 unspecified atom stereocenters. The summed E-state index contributed by atoms with van der Waals surface area (Å²) in [6.45, 7) is 3.87. The standard InChI is InChI=1S/C20H23N5O4S/c1-12-14(10-23-24-12)20(27)25-7-9-29-15(11-25)16-13-4-3-5-22-19(13)30-17(16)18(26)21-6-8-28-2/h3-5,10,15H,6-9,11H2,1-2H3,(H,21,26)(H,23,24)/t15-/m1/s1. The Morgan fingerprint density at radius 3 is 3.10 bits per heavy atom. The first-order chi connectivity index (χ1) is 14.6. The fourth-order valence-electron chi connectivity index (χ4n) is 3.53. The first-order valence-corrected chi connectivity index (χ1v) is 10.5. The van der Waals surface area contributed by atoms with E-state index in [0.717, 1.165) is 21.5 Å². The van der Waals surface area contributed by atoms with E-state index in [4.69, 9.17) is 9.47 Å². The van der Waals surface area contributed by atoms with Gasteiger partial charge < -0.3 is 19.7 Å². The van der Waals surface area contributed by atoms with Crippen molar-refractivity contribution in [2.45, 2.75) is 13.0 Å². The molecule has 0 aliphatic carbocycles. The minimum atomic E-state index is -0.420. The molecule has 0 bridgehead atoms. The van der Waals surface area contributed by atoms with E-state index in [1.807, 2.05) is 19.1 Å². The molecule has 0 saturated carbocycles. The summed E-state index contributed by atoms with van der Waals surface area (Å²) >= 11 is 1.33. The van der Waals surface area contributed by atoms with Crippen LogP contribution in [0.2, 0.25) is 0 Å². The molecule has 1 aliphatic rings. The summed E-state index contributed by atoms with van der Waals surface area (Å²) in [5.74, 6) is -0.291. The van der Waals surface area contributed by atoms with Crippen molar-refractivity contribution >= 4 is 33.4 Å². The number of methoxy groups -OCH3 is 1. The van der Waals surface area contributed by atoms with Crippen LogP contribution in [0.15, 0.2) is 24.5 Å². The number of nitrogens with zero attached hydrogens (tertiary/aromatic N) is 3. The second-order valence-electron chi connectivity index (χ2n) is 6.97. The number of hydrogen-bond acceptors (Lipinski definition) is 7. The van der Waals surface area contributed by atoms with Gasteiger partial charge in [-0.1, -0.05) is 6.07 Å². The average Bonchev–Trinajstić information content (AvgIpc) is 3.37. The molecule has 1 fully saturated rings. The van der Waals surface area contributed by atoms with Crippen LogP contribution in [0.3, 0.4) is 0 Å². The predicted molar refractivity (Wildman–Crippen MR) is 112 cm³/mol. The number of hydrogen-bond donors (Lipinski definition) is 2. The Balaban J connectivity index is 1.64. The Hall–Kier alpha value is -2.82. The van der Waals surface area contributed by atoms with Gasteiger partial charge in [-0.05, 0) is 13.0 Å². The SMILES string of the molecule is COCCNC(=O)c1sc2ncccc2c1[C@H]1CN(C(=O)c2cn[nH]c2C)CCO1. The Labute approximate surface area is 177 Å². The molecule has 2 N–H and O–H groups in total. The smallest absolute Gasteiger partial charge is 0.261 e. The highest BCUT2D eigenvalue weighted by Crippen LogP contribution is 2.37. The van der Waals surface area contributed by atoms with E-state index in [-0.39, 0.29) is 11.8 Å². The van der Waals surface area contributed by atoms with Gasteiger partial charge in [0, 0.05) is 43.0 Å². The normalized spacial score (nSPS) is 16.7. The molecule has 0 spiro atoms. The van der Waals surface area contributed by atoms with Crippen molar-refractivity contribution < 1.29 is 19.1 Å². The number of fused-ring (bicyclic) bond motifs is 1. The van der Waals surface area contributed by atoms with Crippen LogP contribution in [0.1, 0.15) is 37.4 Å². The van der Waals surface area contributed by atoms with Gasteiger partial charge in [0.25, 0.3) is 11.8 Å². The van der Waals surface area contributed by atoms with Gasteiger partial charge in [0.15, 0.2) is 0 Å². The average molecular weight is 430 g/mol. The minimum absolute atomic E-state index is 0.0988. The number of nitrogens with one attached hydrogen (secondary N) is 2. The lowest BCUT2D eigenvalue weighted by Gasteiger charge is -2.33. The highest BCUT2D eigenvalue weighted by Gasteiger charge is 2.32. The van der Waals surface area contributed by atoms with Gasteiger partial charge in [0.05, 0.1) is 31.5 Å². The lowest BCUT2D eigenvalue weighted by Crippen LogP contribution is -2.42. The monoisotopic (exact) mass is 429 g/mol. The van der Waals surface area contributed by atoms with Crippen LogP contribution in [0.25, 0.3) is 10.2 Å². The van der Waals surface area contributed by atoms with E-state index in [1.54, 1.807) is 24.4 Å². The number of carbonyl (C=O) groups is 2. The summed E-state index contributed by atoms with van der Waals surface area (Å²) < 4.78 is 11.1. The van der Waals surface area contributed by atoms with Crippen LogP contribution in [-0.4, -0.2) is 71.9 Å². The number of morpholine rings is 1. The minimum Gasteiger partial charge on any atom is -0.383 e. The molecule has 1 saturated heterocycles. The topological polar surface area (TPSA) is 109 Å². The van der Waals surface area contributed by atoms with Crippen LogP contribution in [-0.2, 0) is 9.47 Å². The van der Waals surface area contributed by atoms with E-state index in [0.29, 0.717) is 43.3 Å². The Bertz CT molecular complexity index is 1060. The molecule has 0 radical (unpaired) electrons. The van der Waals surface area contributed by atoms with E-state index in [1.165, 1.54) is 11.3 Å². The van der Waals surface area contributed by atoms with E-state index < -0.39 is 6.10 Å². The van der Waals surface area contributed by atoms with Crippen molar-refractivity contribution in [1.29, 1.82) is 0 Å². The highest BCUT2D eigenvalue weighted by atomic mass is 32.1. The molecule has 3 aromatic rings. The number of ether oxygens (including phenoxy) is 2.